The molecule has 1 aliphatic heterocycles. The number of pyridine rings is 1. The number of sulfone groups is 1. The molecule has 1 aromatic carbocycles. The number of ether oxygens (including phenoxy) is 1. The molecule has 0 unspecified atom stereocenters. The Morgan fingerprint density at radius 3 is 2.84 bits per heavy atom. The summed E-state index contributed by atoms with van der Waals surface area (Å²) in [6.07, 6.45) is 4.77. The third-order valence-electron chi connectivity index (χ3n) is 5.63. The van der Waals surface area contributed by atoms with Crippen molar-refractivity contribution in [2.45, 2.75) is 17.9 Å². The van der Waals surface area contributed by atoms with Gasteiger partial charge in [-0.15, -0.1) is 0 Å². The van der Waals surface area contributed by atoms with Gasteiger partial charge in [0.1, 0.15) is 11.5 Å². The maximum atomic E-state index is 12.1. The molecule has 164 valence electrons. The number of hydrogen-bond donors (Lipinski definition) is 1. The molecule has 0 spiro atoms. The van der Waals surface area contributed by atoms with E-state index in [2.05, 4.69) is 21.8 Å². The minimum absolute atomic E-state index is 0.159. The van der Waals surface area contributed by atoms with E-state index in [-0.39, 0.29) is 10.9 Å². The van der Waals surface area contributed by atoms with Crippen LogP contribution in [0, 0.1) is 0 Å². The molecule has 8 nitrogen and oxygen atoms in total. The van der Waals surface area contributed by atoms with E-state index in [4.69, 9.17) is 14.7 Å². The van der Waals surface area contributed by atoms with Gasteiger partial charge >= 0.3 is 0 Å². The van der Waals surface area contributed by atoms with Gasteiger partial charge in [0.25, 0.3) is 0 Å². The van der Waals surface area contributed by atoms with Crippen LogP contribution < -0.4 is 4.90 Å². The van der Waals surface area contributed by atoms with Crippen LogP contribution in [0.15, 0.2) is 59.8 Å². The summed E-state index contributed by atoms with van der Waals surface area (Å²) in [6.45, 7) is 4.06. The van der Waals surface area contributed by atoms with Crippen LogP contribution in [0.4, 0.5) is 5.82 Å². The Morgan fingerprint density at radius 2 is 2.03 bits per heavy atom. The van der Waals surface area contributed by atoms with Crippen LogP contribution in [-0.4, -0.2) is 60.4 Å². The summed E-state index contributed by atoms with van der Waals surface area (Å²) < 4.78 is 29.8. The van der Waals surface area contributed by atoms with Crippen LogP contribution in [0.2, 0.25) is 0 Å². The molecule has 3 aromatic heterocycles. The van der Waals surface area contributed by atoms with Crippen molar-refractivity contribution in [2.75, 3.05) is 30.9 Å². The first kappa shape index (κ1) is 20.6. The minimum atomic E-state index is -3.34. The minimum Gasteiger partial charge on any atom is -0.377 e. The van der Waals surface area contributed by atoms with Crippen molar-refractivity contribution < 1.29 is 13.2 Å². The van der Waals surface area contributed by atoms with E-state index in [1.54, 1.807) is 24.4 Å². The average Bonchev–Trinajstić information content (AvgIpc) is 3.28. The topological polar surface area (TPSA) is 101 Å². The number of aromatic amines is 1. The molecular formula is C23H23N5O3S. The zero-order valence-electron chi connectivity index (χ0n) is 17.8. The fourth-order valence-electron chi connectivity index (χ4n) is 3.96. The largest absolute Gasteiger partial charge is 0.377 e. The first-order valence-electron chi connectivity index (χ1n) is 10.4. The summed E-state index contributed by atoms with van der Waals surface area (Å²) in [5.74, 6) is 1.35. The predicted molar refractivity (Wildman–Crippen MR) is 123 cm³/mol. The van der Waals surface area contributed by atoms with Gasteiger partial charge in [0, 0.05) is 47.8 Å². The molecule has 1 fully saturated rings. The zero-order chi connectivity index (χ0) is 22.3. The van der Waals surface area contributed by atoms with Gasteiger partial charge in [-0.2, -0.15) is 0 Å². The van der Waals surface area contributed by atoms with Crippen molar-refractivity contribution in [1.29, 1.82) is 0 Å². The molecule has 0 saturated carbocycles. The van der Waals surface area contributed by atoms with E-state index in [0.29, 0.717) is 24.7 Å². The quantitative estimate of drug-likeness (QED) is 0.510. The predicted octanol–water partition coefficient (Wildman–Crippen LogP) is 3.32. The van der Waals surface area contributed by atoms with Gasteiger partial charge in [-0.25, -0.2) is 23.4 Å². The molecule has 1 saturated heterocycles. The summed E-state index contributed by atoms with van der Waals surface area (Å²) in [4.78, 5) is 19.7. The molecule has 0 amide bonds. The Balaban J connectivity index is 1.71. The molecule has 5 rings (SSSR count). The second-order valence-corrected chi connectivity index (χ2v) is 9.97. The summed E-state index contributed by atoms with van der Waals surface area (Å²) >= 11 is 0. The Hall–Kier alpha value is -3.30. The highest BCUT2D eigenvalue weighted by Gasteiger charge is 2.23. The number of morpholine rings is 1. The van der Waals surface area contributed by atoms with Gasteiger partial charge in [-0.1, -0.05) is 12.1 Å². The standard InChI is InChI=1S/C23H23N5O3S/c1-15-14-31-11-10-28(15)21-13-20(16-4-3-5-17(12-16)32(2,29)30)26-23(27-21)19-7-9-25-22-18(19)6-8-24-22/h3-9,12-13,15H,10-11,14H2,1-2H3,(H,24,25)/t15-/m1/s1. The maximum Gasteiger partial charge on any atom is 0.175 e. The van der Waals surface area contributed by atoms with E-state index < -0.39 is 9.84 Å². The highest BCUT2D eigenvalue weighted by molar-refractivity contribution is 7.90. The number of anilines is 1. The SMILES string of the molecule is C[C@@H]1COCCN1c1cc(-c2cccc(S(C)(=O)=O)c2)nc(-c2ccnc3[nH]ccc23)n1. The number of benzene rings is 1. The molecule has 32 heavy (non-hydrogen) atoms. The van der Waals surface area contributed by atoms with Crippen LogP contribution in [0.25, 0.3) is 33.7 Å². The van der Waals surface area contributed by atoms with Crippen molar-refractivity contribution in [3.8, 4) is 22.6 Å². The number of aromatic nitrogens is 4. The molecule has 0 aliphatic carbocycles. The van der Waals surface area contributed by atoms with Crippen LogP contribution in [0.1, 0.15) is 6.92 Å². The number of nitrogens with zero attached hydrogens (tertiary/aromatic N) is 4. The summed E-state index contributed by atoms with van der Waals surface area (Å²) in [5, 5.41) is 0.926. The highest BCUT2D eigenvalue weighted by atomic mass is 32.2. The van der Waals surface area contributed by atoms with E-state index in [9.17, 15) is 8.42 Å². The second-order valence-electron chi connectivity index (χ2n) is 7.95. The third-order valence-corrected chi connectivity index (χ3v) is 6.74. The Morgan fingerprint density at radius 1 is 1.16 bits per heavy atom. The first-order valence-corrected chi connectivity index (χ1v) is 12.3. The van der Waals surface area contributed by atoms with Crippen LogP contribution in [0.3, 0.4) is 0 Å². The second kappa shape index (κ2) is 7.99. The number of H-pyrrole nitrogens is 1. The van der Waals surface area contributed by atoms with Crippen molar-refractivity contribution in [1.82, 2.24) is 19.9 Å². The fourth-order valence-corrected chi connectivity index (χ4v) is 4.63. The molecule has 4 aromatic rings. The Labute approximate surface area is 186 Å². The van der Waals surface area contributed by atoms with E-state index in [1.165, 1.54) is 6.26 Å². The smallest absolute Gasteiger partial charge is 0.175 e. The molecule has 1 atom stereocenters. The Kier molecular flexibility index (Phi) is 5.15. The van der Waals surface area contributed by atoms with E-state index in [0.717, 1.165) is 34.5 Å². The van der Waals surface area contributed by atoms with E-state index in [1.807, 2.05) is 30.5 Å². The number of hydrogen-bond acceptors (Lipinski definition) is 7. The van der Waals surface area contributed by atoms with Gasteiger partial charge < -0.3 is 14.6 Å². The van der Waals surface area contributed by atoms with Crippen molar-refractivity contribution >= 4 is 26.7 Å². The number of rotatable bonds is 4. The van der Waals surface area contributed by atoms with Crippen molar-refractivity contribution in [3.05, 3.63) is 54.9 Å². The fraction of sp³-hybridized carbons (Fsp3) is 0.261. The molecule has 1 aliphatic rings. The lowest BCUT2D eigenvalue weighted by Gasteiger charge is -2.34. The summed E-state index contributed by atoms with van der Waals surface area (Å²) in [6, 6.07) is 12.8. The zero-order valence-corrected chi connectivity index (χ0v) is 18.6. The maximum absolute atomic E-state index is 12.1. The molecule has 9 heteroatoms. The third kappa shape index (κ3) is 3.85. The summed E-state index contributed by atoms with van der Waals surface area (Å²) in [5.41, 5.74) is 3.00. The van der Waals surface area contributed by atoms with Crippen LogP contribution >= 0.6 is 0 Å². The normalized spacial score (nSPS) is 17.1. The lowest BCUT2D eigenvalue weighted by molar-refractivity contribution is 0.0985. The highest BCUT2D eigenvalue weighted by Crippen LogP contribution is 2.31. The van der Waals surface area contributed by atoms with Crippen LogP contribution in [-0.2, 0) is 14.6 Å². The van der Waals surface area contributed by atoms with Gasteiger partial charge in [-0.05, 0) is 31.2 Å². The molecule has 4 heterocycles. The molecule has 1 N–H and O–H groups in total. The molecular weight excluding hydrogens is 426 g/mol. The lowest BCUT2D eigenvalue weighted by atomic mass is 10.1. The van der Waals surface area contributed by atoms with Gasteiger partial charge in [0.15, 0.2) is 15.7 Å². The molecule has 0 bridgehead atoms. The van der Waals surface area contributed by atoms with Gasteiger partial charge in [0.2, 0.25) is 0 Å². The van der Waals surface area contributed by atoms with Crippen molar-refractivity contribution in [2.24, 2.45) is 0 Å². The summed E-state index contributed by atoms with van der Waals surface area (Å²) in [7, 11) is -3.34. The number of fused-ring (bicyclic) bond motifs is 1. The van der Waals surface area contributed by atoms with Gasteiger partial charge in [-0.3, -0.25) is 0 Å². The van der Waals surface area contributed by atoms with Crippen LogP contribution in [0.5, 0.6) is 0 Å². The number of nitrogens with one attached hydrogen (secondary N) is 1. The van der Waals surface area contributed by atoms with E-state index >= 15 is 0 Å². The lowest BCUT2D eigenvalue weighted by Crippen LogP contribution is -2.44. The first-order chi connectivity index (χ1) is 15.4. The molecule has 0 radical (unpaired) electrons. The van der Waals surface area contributed by atoms with Gasteiger partial charge in [0.05, 0.1) is 29.8 Å². The monoisotopic (exact) mass is 449 g/mol. The average molecular weight is 450 g/mol. The Bertz CT molecular complexity index is 1400. The van der Waals surface area contributed by atoms with Crippen molar-refractivity contribution in [3.63, 3.8) is 0 Å².